The predicted molar refractivity (Wildman–Crippen MR) is 119 cm³/mol. The number of urea groups is 1. The van der Waals surface area contributed by atoms with Gasteiger partial charge in [0.25, 0.3) is 5.56 Å². The first kappa shape index (κ1) is 20.8. The Hall–Kier alpha value is -3.46. The topological polar surface area (TPSA) is 102 Å². The zero-order valence-corrected chi connectivity index (χ0v) is 18.0. The Morgan fingerprint density at radius 2 is 2.00 bits per heavy atom. The van der Waals surface area contributed by atoms with Crippen LogP contribution < -0.4 is 16.2 Å². The monoisotopic (exact) mass is 438 g/mol. The number of nitrogens with zero attached hydrogens (tertiary/aromatic N) is 2. The van der Waals surface area contributed by atoms with E-state index in [1.54, 1.807) is 6.92 Å². The summed E-state index contributed by atoms with van der Waals surface area (Å²) in [6.45, 7) is 3.80. The molecule has 2 aromatic heterocycles. The zero-order valence-electron chi connectivity index (χ0n) is 17.2. The van der Waals surface area contributed by atoms with E-state index in [-0.39, 0.29) is 18.7 Å². The van der Waals surface area contributed by atoms with Crippen LogP contribution in [0.25, 0.3) is 21.3 Å². The van der Waals surface area contributed by atoms with Crippen LogP contribution >= 0.6 is 11.3 Å². The molecule has 0 fully saturated rings. The van der Waals surface area contributed by atoms with E-state index in [1.807, 2.05) is 42.6 Å². The molecular formula is C22H22N4O4S. The SMILES string of the molecule is CCOC(=O)C1=C(Cn2cnc3scc(-c4ccccc4)c3c2=O)NC(=O)NC1CC. The first-order chi connectivity index (χ1) is 15.0. The second-order valence-electron chi connectivity index (χ2n) is 7.05. The van der Waals surface area contributed by atoms with Gasteiger partial charge in [0.15, 0.2) is 0 Å². The molecule has 0 saturated heterocycles. The van der Waals surface area contributed by atoms with Crippen molar-refractivity contribution in [3.05, 3.63) is 63.7 Å². The summed E-state index contributed by atoms with van der Waals surface area (Å²) < 4.78 is 6.60. The van der Waals surface area contributed by atoms with Gasteiger partial charge in [-0.15, -0.1) is 11.3 Å². The van der Waals surface area contributed by atoms with Gasteiger partial charge in [-0.2, -0.15) is 0 Å². The first-order valence-electron chi connectivity index (χ1n) is 10.0. The number of nitrogens with one attached hydrogen (secondary N) is 2. The molecule has 31 heavy (non-hydrogen) atoms. The van der Waals surface area contributed by atoms with E-state index in [4.69, 9.17) is 4.74 Å². The van der Waals surface area contributed by atoms with Crippen LogP contribution in [0.5, 0.6) is 0 Å². The molecule has 2 amide bonds. The van der Waals surface area contributed by atoms with E-state index in [2.05, 4.69) is 15.6 Å². The van der Waals surface area contributed by atoms with Crippen LogP contribution in [-0.4, -0.2) is 34.2 Å². The molecule has 1 aromatic carbocycles. The lowest BCUT2D eigenvalue weighted by Gasteiger charge is -2.28. The normalized spacial score (nSPS) is 16.2. The summed E-state index contributed by atoms with van der Waals surface area (Å²) in [6.07, 6.45) is 1.96. The molecule has 0 spiro atoms. The third-order valence-corrected chi connectivity index (χ3v) is 6.01. The van der Waals surface area contributed by atoms with E-state index >= 15 is 0 Å². The largest absolute Gasteiger partial charge is 0.463 e. The maximum atomic E-state index is 13.4. The highest BCUT2D eigenvalue weighted by atomic mass is 32.1. The van der Waals surface area contributed by atoms with Crippen LogP contribution in [0.15, 0.2) is 58.1 Å². The number of esters is 1. The standard InChI is InChI=1S/C22H22N4O4S/c1-3-15-18(21(28)30-4-2)16(25-22(29)24-15)10-26-12-23-19-17(20(26)27)14(11-31-19)13-8-6-5-7-9-13/h5-9,11-12,15H,3-4,10H2,1-2H3,(H2,24,25,29). The second kappa shape index (κ2) is 8.73. The molecule has 9 heteroatoms. The van der Waals surface area contributed by atoms with Crippen molar-refractivity contribution >= 4 is 33.6 Å². The molecule has 1 aliphatic heterocycles. The molecule has 3 aromatic rings. The van der Waals surface area contributed by atoms with Crippen molar-refractivity contribution in [1.29, 1.82) is 0 Å². The molecule has 1 atom stereocenters. The van der Waals surface area contributed by atoms with Gasteiger partial charge in [-0.1, -0.05) is 37.3 Å². The summed E-state index contributed by atoms with van der Waals surface area (Å²) in [4.78, 5) is 43.2. The molecule has 0 saturated carbocycles. The summed E-state index contributed by atoms with van der Waals surface area (Å²) in [5.74, 6) is -0.514. The van der Waals surface area contributed by atoms with Gasteiger partial charge in [0.1, 0.15) is 4.83 Å². The van der Waals surface area contributed by atoms with Crippen molar-refractivity contribution < 1.29 is 14.3 Å². The highest BCUT2D eigenvalue weighted by Crippen LogP contribution is 2.30. The van der Waals surface area contributed by atoms with Gasteiger partial charge in [0, 0.05) is 10.9 Å². The number of hydrogen-bond donors (Lipinski definition) is 2. The van der Waals surface area contributed by atoms with E-state index < -0.39 is 18.0 Å². The number of carbonyl (C=O) groups is 2. The molecule has 1 unspecified atom stereocenters. The number of aromatic nitrogens is 2. The van der Waals surface area contributed by atoms with Crippen LogP contribution in [0.3, 0.4) is 0 Å². The molecule has 0 radical (unpaired) electrons. The molecule has 1 aliphatic rings. The Bertz CT molecular complexity index is 1230. The summed E-state index contributed by atoms with van der Waals surface area (Å²) in [5, 5.41) is 7.85. The zero-order chi connectivity index (χ0) is 22.0. The Balaban J connectivity index is 1.81. The van der Waals surface area contributed by atoms with Gasteiger partial charge in [-0.25, -0.2) is 14.6 Å². The first-order valence-corrected chi connectivity index (χ1v) is 10.9. The lowest BCUT2D eigenvalue weighted by Crippen LogP contribution is -2.51. The summed E-state index contributed by atoms with van der Waals surface area (Å²) >= 11 is 1.40. The molecule has 0 bridgehead atoms. The third-order valence-electron chi connectivity index (χ3n) is 5.12. The number of benzene rings is 1. The third kappa shape index (κ3) is 3.96. The van der Waals surface area contributed by atoms with Gasteiger partial charge >= 0.3 is 12.0 Å². The number of fused-ring (bicyclic) bond motifs is 1. The lowest BCUT2D eigenvalue weighted by atomic mass is 10.00. The number of allylic oxidation sites excluding steroid dienone is 1. The minimum atomic E-state index is -0.514. The van der Waals surface area contributed by atoms with Crippen molar-refractivity contribution in [3.8, 4) is 11.1 Å². The number of amides is 2. The second-order valence-corrected chi connectivity index (χ2v) is 7.90. The fourth-order valence-electron chi connectivity index (χ4n) is 3.67. The van der Waals surface area contributed by atoms with Gasteiger partial charge in [0.2, 0.25) is 0 Å². The maximum Gasteiger partial charge on any atom is 0.337 e. The Kier molecular flexibility index (Phi) is 5.85. The van der Waals surface area contributed by atoms with Gasteiger partial charge < -0.3 is 15.4 Å². The van der Waals surface area contributed by atoms with E-state index in [0.717, 1.165) is 11.1 Å². The number of rotatable bonds is 6. The van der Waals surface area contributed by atoms with Crippen LogP contribution in [-0.2, 0) is 16.1 Å². The van der Waals surface area contributed by atoms with Crippen LogP contribution in [0, 0.1) is 0 Å². The maximum absolute atomic E-state index is 13.4. The van der Waals surface area contributed by atoms with Crippen LogP contribution in [0.1, 0.15) is 20.3 Å². The highest BCUT2D eigenvalue weighted by Gasteiger charge is 2.31. The van der Waals surface area contributed by atoms with Gasteiger partial charge in [0.05, 0.1) is 42.2 Å². The number of carbonyl (C=O) groups excluding carboxylic acids is 2. The minimum Gasteiger partial charge on any atom is -0.463 e. The van der Waals surface area contributed by atoms with Gasteiger partial charge in [-0.05, 0) is 18.9 Å². The lowest BCUT2D eigenvalue weighted by molar-refractivity contribution is -0.139. The molecule has 2 N–H and O–H groups in total. The Labute approximate surface area is 182 Å². The van der Waals surface area contributed by atoms with Crippen molar-refractivity contribution in [1.82, 2.24) is 20.2 Å². The molecule has 160 valence electrons. The molecule has 0 aliphatic carbocycles. The van der Waals surface area contributed by atoms with Crippen molar-refractivity contribution in [2.75, 3.05) is 6.61 Å². The average Bonchev–Trinajstić information content (AvgIpc) is 3.21. The van der Waals surface area contributed by atoms with E-state index in [9.17, 15) is 14.4 Å². The molecule has 4 rings (SSSR count). The molecular weight excluding hydrogens is 416 g/mol. The van der Waals surface area contributed by atoms with Crippen molar-refractivity contribution in [2.45, 2.75) is 32.9 Å². The van der Waals surface area contributed by atoms with Crippen LogP contribution in [0.2, 0.25) is 0 Å². The summed E-state index contributed by atoms with van der Waals surface area (Å²) in [5.41, 5.74) is 2.17. The Morgan fingerprint density at radius 3 is 2.71 bits per heavy atom. The fraction of sp³-hybridized carbons (Fsp3) is 0.273. The molecule has 8 nitrogen and oxygen atoms in total. The number of thiophene rings is 1. The fourth-order valence-corrected chi connectivity index (χ4v) is 4.57. The van der Waals surface area contributed by atoms with E-state index in [0.29, 0.717) is 27.9 Å². The van der Waals surface area contributed by atoms with Crippen molar-refractivity contribution in [2.24, 2.45) is 0 Å². The minimum absolute atomic E-state index is 0.00389. The Morgan fingerprint density at radius 1 is 1.23 bits per heavy atom. The average molecular weight is 439 g/mol. The quantitative estimate of drug-likeness (QED) is 0.576. The smallest absolute Gasteiger partial charge is 0.337 e. The highest BCUT2D eigenvalue weighted by molar-refractivity contribution is 7.17. The van der Waals surface area contributed by atoms with E-state index in [1.165, 1.54) is 22.2 Å². The summed E-state index contributed by atoms with van der Waals surface area (Å²) in [6, 6.07) is 8.73. The van der Waals surface area contributed by atoms with Gasteiger partial charge in [-0.3, -0.25) is 9.36 Å². The summed E-state index contributed by atoms with van der Waals surface area (Å²) in [7, 11) is 0. The van der Waals surface area contributed by atoms with Crippen LogP contribution in [0.4, 0.5) is 4.79 Å². The number of hydrogen-bond acceptors (Lipinski definition) is 6. The number of ether oxygens (including phenoxy) is 1. The molecule has 3 heterocycles. The van der Waals surface area contributed by atoms with Crippen molar-refractivity contribution in [3.63, 3.8) is 0 Å². The predicted octanol–water partition coefficient (Wildman–Crippen LogP) is 3.03.